The fourth-order valence-electron chi connectivity index (χ4n) is 0.428. The molecule has 1 rings (SSSR count). The summed E-state index contributed by atoms with van der Waals surface area (Å²) in [5.74, 6) is 0.322. The maximum absolute atomic E-state index is 8.63. The van der Waals surface area contributed by atoms with Gasteiger partial charge in [0.15, 0.2) is 0 Å². The summed E-state index contributed by atoms with van der Waals surface area (Å²) in [6.07, 6.45) is 0. The third-order valence-corrected chi connectivity index (χ3v) is 0.756. The number of hydrogen-bond donors (Lipinski definition) is 2. The van der Waals surface area contributed by atoms with Gasteiger partial charge in [-0.3, -0.25) is 0 Å². The first-order valence-corrected chi connectivity index (χ1v) is 3.16. The molecule has 1 aromatic carbocycles. The smallest absolute Gasteiger partial charge is 0.115 e. The number of aliphatic hydroxyl groups excluding tert-OH is 1. The molecule has 0 spiro atoms. The van der Waals surface area contributed by atoms with Crippen molar-refractivity contribution in [2.24, 2.45) is 0 Å². The number of aromatic hydroxyl groups is 1. The zero-order valence-corrected chi connectivity index (χ0v) is 9.05. The number of phenols is 1. The van der Waals surface area contributed by atoms with Crippen molar-refractivity contribution < 1.29 is 42.9 Å². The maximum Gasteiger partial charge on any atom is 0.115 e. The van der Waals surface area contributed by atoms with E-state index in [1.807, 2.05) is 6.07 Å². The molecule has 0 aliphatic heterocycles. The standard InChI is InChI=1S/C6H6O.C2H6O.2H2O.Ti/c7-6-4-2-1-3-5-6;1-2-3;;;/h1-5,7H;3H,2H2,1H3;2*1H2;. The van der Waals surface area contributed by atoms with Gasteiger partial charge in [-0.15, -0.1) is 0 Å². The molecule has 0 aliphatic rings. The van der Waals surface area contributed by atoms with E-state index in [1.165, 1.54) is 0 Å². The molecule has 0 amide bonds. The van der Waals surface area contributed by atoms with Crippen LogP contribution in [0.25, 0.3) is 0 Å². The van der Waals surface area contributed by atoms with Crippen molar-refractivity contribution in [2.75, 3.05) is 6.61 Å². The van der Waals surface area contributed by atoms with Gasteiger partial charge in [0.25, 0.3) is 0 Å². The predicted molar refractivity (Wildman–Crippen MR) is 48.1 cm³/mol. The van der Waals surface area contributed by atoms with E-state index in [-0.39, 0.29) is 39.3 Å². The number of hydrogen-bond acceptors (Lipinski definition) is 2. The Bertz CT molecular complexity index is 157. The molecule has 0 bridgehead atoms. The van der Waals surface area contributed by atoms with Crippen LogP contribution in [0.15, 0.2) is 30.3 Å². The molecule has 0 saturated carbocycles. The number of rotatable bonds is 0. The molecular formula is C8H16O4Ti. The van der Waals surface area contributed by atoms with Crippen LogP contribution >= 0.6 is 0 Å². The van der Waals surface area contributed by atoms with Gasteiger partial charge in [-0.05, 0) is 19.1 Å². The fraction of sp³-hybridized carbons (Fsp3) is 0.250. The fourth-order valence-corrected chi connectivity index (χ4v) is 0.428. The molecule has 5 heteroatoms. The second-order valence-electron chi connectivity index (χ2n) is 1.65. The summed E-state index contributed by atoms with van der Waals surface area (Å²) in [5.41, 5.74) is 0. The first-order chi connectivity index (χ1) is 4.81. The van der Waals surface area contributed by atoms with Crippen LogP contribution in [-0.4, -0.2) is 27.8 Å². The molecule has 0 aliphatic carbocycles. The minimum atomic E-state index is 0. The molecule has 0 fully saturated rings. The van der Waals surface area contributed by atoms with Crippen molar-refractivity contribution in [1.29, 1.82) is 0 Å². The molecule has 0 atom stereocenters. The Balaban J connectivity index is -0.0000000615. The summed E-state index contributed by atoms with van der Waals surface area (Å²) >= 11 is 0. The van der Waals surface area contributed by atoms with Crippen molar-refractivity contribution in [3.8, 4) is 5.75 Å². The number of para-hydroxylation sites is 1. The van der Waals surface area contributed by atoms with E-state index in [4.69, 9.17) is 10.2 Å². The quantitative estimate of drug-likeness (QED) is 0.592. The van der Waals surface area contributed by atoms with Crippen LogP contribution in [0, 0.1) is 0 Å². The number of aliphatic hydroxyl groups is 1. The Morgan fingerprint density at radius 2 is 1.38 bits per heavy atom. The molecule has 1 aromatic rings. The summed E-state index contributed by atoms with van der Waals surface area (Å²) in [5, 5.41) is 16.2. The number of phenolic OH excluding ortho intramolecular Hbond substituents is 1. The normalized spacial score (nSPS) is 6.00. The zero-order chi connectivity index (χ0) is 7.82. The van der Waals surface area contributed by atoms with E-state index in [2.05, 4.69) is 0 Å². The molecule has 0 aromatic heterocycles. The molecule has 0 unspecified atom stereocenters. The van der Waals surface area contributed by atoms with Gasteiger partial charge in [-0.2, -0.15) is 0 Å². The summed E-state index contributed by atoms with van der Waals surface area (Å²) in [6, 6.07) is 8.71. The molecule has 0 radical (unpaired) electrons. The Hall–Kier alpha value is -0.386. The van der Waals surface area contributed by atoms with Gasteiger partial charge in [0.05, 0.1) is 0 Å². The van der Waals surface area contributed by atoms with E-state index in [0.29, 0.717) is 5.75 Å². The zero-order valence-electron chi connectivity index (χ0n) is 7.49. The average Bonchev–Trinajstić information content (AvgIpc) is 1.91. The van der Waals surface area contributed by atoms with Crippen LogP contribution in [0.1, 0.15) is 6.92 Å². The van der Waals surface area contributed by atoms with E-state index >= 15 is 0 Å². The van der Waals surface area contributed by atoms with Crippen LogP contribution < -0.4 is 0 Å². The van der Waals surface area contributed by atoms with Crippen molar-refractivity contribution in [2.45, 2.75) is 6.92 Å². The molecule has 4 nitrogen and oxygen atoms in total. The van der Waals surface area contributed by atoms with Crippen LogP contribution in [0.4, 0.5) is 0 Å². The second kappa shape index (κ2) is 17.6. The van der Waals surface area contributed by atoms with Gasteiger partial charge < -0.3 is 21.2 Å². The van der Waals surface area contributed by atoms with Crippen molar-refractivity contribution in [3.63, 3.8) is 0 Å². The Labute approximate surface area is 92.7 Å². The van der Waals surface area contributed by atoms with Gasteiger partial charge in [0.2, 0.25) is 0 Å². The van der Waals surface area contributed by atoms with Crippen LogP contribution in [0.5, 0.6) is 5.75 Å². The Morgan fingerprint density at radius 1 is 1.08 bits per heavy atom. The topological polar surface area (TPSA) is 103 Å². The molecule has 6 N–H and O–H groups in total. The Kier molecular flexibility index (Phi) is 31.1. The van der Waals surface area contributed by atoms with E-state index in [9.17, 15) is 0 Å². The molecule has 76 valence electrons. The summed E-state index contributed by atoms with van der Waals surface area (Å²) in [7, 11) is 0. The minimum Gasteiger partial charge on any atom is -0.508 e. The van der Waals surface area contributed by atoms with Crippen LogP contribution in [0.2, 0.25) is 0 Å². The van der Waals surface area contributed by atoms with Gasteiger partial charge in [-0.1, -0.05) is 18.2 Å². The average molecular weight is 224 g/mol. The van der Waals surface area contributed by atoms with E-state index in [1.54, 1.807) is 31.2 Å². The van der Waals surface area contributed by atoms with Gasteiger partial charge >= 0.3 is 0 Å². The van der Waals surface area contributed by atoms with Gasteiger partial charge in [0, 0.05) is 28.3 Å². The van der Waals surface area contributed by atoms with Crippen LogP contribution in [0.3, 0.4) is 0 Å². The van der Waals surface area contributed by atoms with Crippen molar-refractivity contribution in [1.82, 2.24) is 0 Å². The van der Waals surface area contributed by atoms with Crippen LogP contribution in [-0.2, 0) is 21.7 Å². The minimum absolute atomic E-state index is 0. The second-order valence-corrected chi connectivity index (χ2v) is 1.65. The molecule has 0 saturated heterocycles. The third-order valence-electron chi connectivity index (χ3n) is 0.756. The summed E-state index contributed by atoms with van der Waals surface area (Å²) in [6.45, 7) is 1.93. The largest absolute Gasteiger partial charge is 0.508 e. The first-order valence-electron chi connectivity index (χ1n) is 3.16. The summed E-state index contributed by atoms with van der Waals surface area (Å²) in [4.78, 5) is 0. The monoisotopic (exact) mass is 224 g/mol. The predicted octanol–water partition coefficient (Wildman–Crippen LogP) is -0.261. The molecule has 13 heavy (non-hydrogen) atoms. The van der Waals surface area contributed by atoms with E-state index < -0.39 is 0 Å². The SMILES string of the molecule is CCO.O.O.Oc1ccccc1.[Ti]. The first kappa shape index (κ1) is 22.9. The molecule has 0 heterocycles. The molecular weight excluding hydrogens is 208 g/mol. The Morgan fingerprint density at radius 3 is 1.54 bits per heavy atom. The summed E-state index contributed by atoms with van der Waals surface area (Å²) < 4.78 is 0. The maximum atomic E-state index is 8.63. The van der Waals surface area contributed by atoms with Crippen molar-refractivity contribution >= 4 is 0 Å². The van der Waals surface area contributed by atoms with Gasteiger partial charge in [0.1, 0.15) is 5.75 Å². The van der Waals surface area contributed by atoms with E-state index in [0.717, 1.165) is 0 Å². The number of benzene rings is 1. The van der Waals surface area contributed by atoms with Gasteiger partial charge in [-0.25, -0.2) is 0 Å². The van der Waals surface area contributed by atoms with Crippen molar-refractivity contribution in [3.05, 3.63) is 30.3 Å². The third kappa shape index (κ3) is 18.5.